The average molecular weight is 395 g/mol. The summed E-state index contributed by atoms with van der Waals surface area (Å²) in [5.41, 5.74) is 2.31. The maximum atomic E-state index is 13.3. The summed E-state index contributed by atoms with van der Waals surface area (Å²) in [5.74, 6) is 0.223. The number of benzene rings is 2. The first-order chi connectivity index (χ1) is 12.8. The Morgan fingerprint density at radius 2 is 1.96 bits per heavy atom. The van der Waals surface area contributed by atoms with Crippen LogP contribution >= 0.6 is 12.2 Å². The molecule has 2 aromatic rings. The molecule has 1 aliphatic carbocycles. The van der Waals surface area contributed by atoms with Crippen LogP contribution in [0.25, 0.3) is 0 Å². The number of alkyl halides is 3. The van der Waals surface area contributed by atoms with Gasteiger partial charge in [-0.1, -0.05) is 23.8 Å². The summed E-state index contributed by atoms with van der Waals surface area (Å²) in [7, 11) is 1.46. The molecule has 0 heterocycles. The number of nitrogens with one attached hydrogen (secondary N) is 1. The van der Waals surface area contributed by atoms with E-state index in [1.165, 1.54) is 13.2 Å². The van der Waals surface area contributed by atoms with Crippen LogP contribution in [0.4, 0.5) is 18.9 Å². The largest absolute Gasteiger partial charge is 0.488 e. The molecule has 0 aliphatic heterocycles. The van der Waals surface area contributed by atoms with Gasteiger partial charge in [0.25, 0.3) is 5.17 Å². The van der Waals surface area contributed by atoms with Gasteiger partial charge in [-0.3, -0.25) is 0 Å². The molecule has 0 amide bonds. The summed E-state index contributed by atoms with van der Waals surface area (Å²) >= 11 is 5.06. The molecule has 2 aromatic carbocycles. The second kappa shape index (κ2) is 7.76. The SMILES string of the molecule is COC(=S)Nc1cccc(C2CC2)c1COc1ccc(C)cc1C(F)(F)F. The lowest BCUT2D eigenvalue weighted by Gasteiger charge is -2.19. The van der Waals surface area contributed by atoms with Crippen molar-refractivity contribution in [1.82, 2.24) is 0 Å². The normalized spacial score (nSPS) is 14.0. The molecule has 1 aliphatic rings. The number of hydrogen-bond donors (Lipinski definition) is 1. The Hall–Kier alpha value is -2.28. The Balaban J connectivity index is 1.91. The van der Waals surface area contributed by atoms with Crippen molar-refractivity contribution >= 4 is 23.1 Å². The molecule has 3 nitrogen and oxygen atoms in total. The van der Waals surface area contributed by atoms with Crippen molar-refractivity contribution in [1.29, 1.82) is 0 Å². The zero-order valence-electron chi connectivity index (χ0n) is 15.0. The van der Waals surface area contributed by atoms with E-state index in [9.17, 15) is 13.2 Å². The highest BCUT2D eigenvalue weighted by Crippen LogP contribution is 2.44. The average Bonchev–Trinajstić information content (AvgIpc) is 3.45. The van der Waals surface area contributed by atoms with Gasteiger partial charge in [0.2, 0.25) is 0 Å². The van der Waals surface area contributed by atoms with Gasteiger partial charge in [0.05, 0.1) is 12.7 Å². The monoisotopic (exact) mass is 395 g/mol. The number of halogens is 3. The molecule has 1 saturated carbocycles. The highest BCUT2D eigenvalue weighted by atomic mass is 32.1. The molecule has 144 valence electrons. The predicted molar refractivity (Wildman–Crippen MR) is 102 cm³/mol. The van der Waals surface area contributed by atoms with Crippen molar-refractivity contribution in [2.45, 2.75) is 38.5 Å². The third kappa shape index (κ3) is 4.71. The van der Waals surface area contributed by atoms with Crippen molar-refractivity contribution in [3.8, 4) is 5.75 Å². The van der Waals surface area contributed by atoms with Crippen LogP contribution < -0.4 is 10.1 Å². The molecule has 0 aromatic heterocycles. The smallest absolute Gasteiger partial charge is 0.419 e. The van der Waals surface area contributed by atoms with Gasteiger partial charge < -0.3 is 14.8 Å². The van der Waals surface area contributed by atoms with Crippen molar-refractivity contribution in [3.05, 3.63) is 58.7 Å². The van der Waals surface area contributed by atoms with Gasteiger partial charge in [-0.25, -0.2) is 0 Å². The maximum absolute atomic E-state index is 13.3. The number of anilines is 1. The number of methoxy groups -OCH3 is 1. The summed E-state index contributed by atoms with van der Waals surface area (Å²) in [6.45, 7) is 1.63. The van der Waals surface area contributed by atoms with Crippen molar-refractivity contribution in [2.24, 2.45) is 0 Å². The first-order valence-corrected chi connectivity index (χ1v) is 8.98. The van der Waals surface area contributed by atoms with E-state index in [0.717, 1.165) is 30.0 Å². The Morgan fingerprint density at radius 1 is 1.22 bits per heavy atom. The molecular formula is C20H20F3NO2S. The minimum atomic E-state index is -4.48. The molecule has 0 unspecified atom stereocenters. The van der Waals surface area contributed by atoms with Gasteiger partial charge in [-0.05, 0) is 61.7 Å². The van der Waals surface area contributed by atoms with E-state index in [-0.39, 0.29) is 17.5 Å². The van der Waals surface area contributed by atoms with Crippen LogP contribution in [0.5, 0.6) is 5.75 Å². The highest BCUT2D eigenvalue weighted by molar-refractivity contribution is 7.80. The van der Waals surface area contributed by atoms with Crippen LogP contribution in [-0.2, 0) is 17.5 Å². The lowest BCUT2D eigenvalue weighted by molar-refractivity contribution is -0.139. The summed E-state index contributed by atoms with van der Waals surface area (Å²) < 4.78 is 50.7. The molecule has 0 atom stereocenters. The minimum Gasteiger partial charge on any atom is -0.488 e. The van der Waals surface area contributed by atoms with Crippen LogP contribution in [0.15, 0.2) is 36.4 Å². The van der Waals surface area contributed by atoms with E-state index >= 15 is 0 Å². The van der Waals surface area contributed by atoms with Gasteiger partial charge in [-0.15, -0.1) is 0 Å². The van der Waals surface area contributed by atoms with Crippen LogP contribution in [0.2, 0.25) is 0 Å². The van der Waals surface area contributed by atoms with Crippen molar-refractivity contribution < 1.29 is 22.6 Å². The molecule has 0 saturated heterocycles. The van der Waals surface area contributed by atoms with Gasteiger partial charge in [-0.2, -0.15) is 13.2 Å². The van der Waals surface area contributed by atoms with Crippen LogP contribution in [0, 0.1) is 6.92 Å². The van der Waals surface area contributed by atoms with E-state index in [2.05, 4.69) is 5.32 Å². The fourth-order valence-corrected chi connectivity index (χ4v) is 3.07. The Bertz CT molecular complexity index is 848. The molecule has 7 heteroatoms. The molecule has 1 fully saturated rings. The number of thiocarbonyl (C=S) groups is 1. The number of rotatable bonds is 5. The van der Waals surface area contributed by atoms with E-state index in [1.54, 1.807) is 13.0 Å². The third-order valence-electron chi connectivity index (χ3n) is 4.46. The fraction of sp³-hybridized carbons (Fsp3) is 0.350. The van der Waals surface area contributed by atoms with E-state index in [0.29, 0.717) is 17.2 Å². The van der Waals surface area contributed by atoms with Crippen molar-refractivity contribution in [2.75, 3.05) is 12.4 Å². The fourth-order valence-electron chi connectivity index (χ4n) is 2.96. The topological polar surface area (TPSA) is 30.5 Å². The number of hydrogen-bond acceptors (Lipinski definition) is 3. The summed E-state index contributed by atoms with van der Waals surface area (Å²) in [6, 6.07) is 9.76. The number of aryl methyl sites for hydroxylation is 1. The molecular weight excluding hydrogens is 375 g/mol. The predicted octanol–water partition coefficient (Wildman–Crippen LogP) is 5.81. The zero-order chi connectivity index (χ0) is 19.6. The third-order valence-corrected chi connectivity index (χ3v) is 4.73. The number of ether oxygens (including phenoxy) is 2. The molecule has 27 heavy (non-hydrogen) atoms. The van der Waals surface area contributed by atoms with Crippen LogP contribution in [0.3, 0.4) is 0 Å². The molecule has 3 rings (SSSR count). The summed E-state index contributed by atoms with van der Waals surface area (Å²) in [5, 5.41) is 3.17. The Morgan fingerprint density at radius 3 is 2.59 bits per heavy atom. The lowest BCUT2D eigenvalue weighted by atomic mass is 10.0. The second-order valence-corrected chi connectivity index (χ2v) is 6.92. The van der Waals surface area contributed by atoms with Gasteiger partial charge in [0.1, 0.15) is 12.4 Å². The highest BCUT2D eigenvalue weighted by Gasteiger charge is 2.35. The molecule has 1 N–H and O–H groups in total. The quantitative estimate of drug-likeness (QED) is 0.647. The Kier molecular flexibility index (Phi) is 5.60. The van der Waals surface area contributed by atoms with Crippen LogP contribution in [-0.4, -0.2) is 12.3 Å². The van der Waals surface area contributed by atoms with Crippen LogP contribution in [0.1, 0.15) is 41.0 Å². The minimum absolute atomic E-state index is 0.00742. The first kappa shape index (κ1) is 19.5. The summed E-state index contributed by atoms with van der Waals surface area (Å²) in [6.07, 6.45) is -2.36. The standard InChI is InChI=1S/C20H20F3NO2S/c1-12-6-9-18(16(10-12)20(21,22)23)26-11-15-14(13-7-8-13)4-3-5-17(15)24-19(27)25-2/h3-6,9-10,13H,7-8,11H2,1-2H3,(H,24,27). The summed E-state index contributed by atoms with van der Waals surface area (Å²) in [4.78, 5) is 0. The molecule has 0 spiro atoms. The van der Waals surface area contributed by atoms with Gasteiger partial charge in [0, 0.05) is 11.3 Å². The zero-order valence-corrected chi connectivity index (χ0v) is 15.8. The second-order valence-electron chi connectivity index (χ2n) is 6.55. The van der Waals surface area contributed by atoms with E-state index < -0.39 is 11.7 Å². The first-order valence-electron chi connectivity index (χ1n) is 8.57. The van der Waals surface area contributed by atoms with E-state index in [1.807, 2.05) is 18.2 Å². The van der Waals surface area contributed by atoms with Gasteiger partial charge >= 0.3 is 6.18 Å². The molecule has 0 bridgehead atoms. The van der Waals surface area contributed by atoms with Gasteiger partial charge in [0.15, 0.2) is 0 Å². The Labute approximate surface area is 161 Å². The van der Waals surface area contributed by atoms with E-state index in [4.69, 9.17) is 21.7 Å². The lowest BCUT2D eigenvalue weighted by Crippen LogP contribution is -2.15. The van der Waals surface area contributed by atoms with Crippen molar-refractivity contribution in [3.63, 3.8) is 0 Å². The maximum Gasteiger partial charge on any atom is 0.419 e. The molecule has 0 radical (unpaired) electrons.